The van der Waals surface area contributed by atoms with Gasteiger partial charge in [0, 0.05) is 28.2 Å². The van der Waals surface area contributed by atoms with Crippen LogP contribution in [0, 0.1) is 0 Å². The maximum absolute atomic E-state index is 12.2. The van der Waals surface area contributed by atoms with Crippen LogP contribution in [-0.4, -0.2) is 57.2 Å². The highest BCUT2D eigenvalue weighted by Gasteiger charge is 2.14. The zero-order valence-corrected chi connectivity index (χ0v) is 22.1. The number of esters is 1. The summed E-state index contributed by atoms with van der Waals surface area (Å²) in [5.74, 6) is 0.451. The first-order chi connectivity index (χ1) is 17.9. The molecule has 198 valence electrons. The highest BCUT2D eigenvalue weighted by molar-refractivity contribution is 7.75. The van der Waals surface area contributed by atoms with Gasteiger partial charge in [-0.15, -0.1) is 15.7 Å². The number of nitrogens with one attached hydrogen (secondary N) is 2. The van der Waals surface area contributed by atoms with Gasteiger partial charge in [-0.3, -0.25) is 4.79 Å². The average Bonchev–Trinajstić information content (AvgIpc) is 3.39. The molecule has 0 radical (unpaired) electrons. The molecule has 3 rings (SSSR count). The number of thiol groups is 1. The number of aliphatic hydroxyl groups is 1. The zero-order chi connectivity index (χ0) is 26.6. The van der Waals surface area contributed by atoms with Crippen LogP contribution < -0.4 is 10.6 Å². The zero-order valence-electron chi connectivity index (χ0n) is 20.4. The van der Waals surface area contributed by atoms with Crippen LogP contribution in [0.15, 0.2) is 57.2 Å². The van der Waals surface area contributed by atoms with Gasteiger partial charge in [-0.2, -0.15) is 4.98 Å². The van der Waals surface area contributed by atoms with Crippen LogP contribution in [0.25, 0.3) is 10.4 Å². The number of aromatic nitrogens is 2. The van der Waals surface area contributed by atoms with Gasteiger partial charge in [0.1, 0.15) is 5.82 Å². The summed E-state index contributed by atoms with van der Waals surface area (Å²) >= 11 is 1.54. The Labute approximate surface area is 220 Å². The van der Waals surface area contributed by atoms with Gasteiger partial charge < -0.3 is 25.2 Å². The van der Waals surface area contributed by atoms with Crippen molar-refractivity contribution in [1.82, 2.24) is 9.97 Å². The summed E-state index contributed by atoms with van der Waals surface area (Å²) in [6.45, 7) is 4.17. The Morgan fingerprint density at radius 1 is 1.16 bits per heavy atom. The molecule has 1 unspecified atom stereocenters. The molecule has 1 amide bonds. The van der Waals surface area contributed by atoms with Crippen LogP contribution in [0.4, 0.5) is 22.2 Å². The van der Waals surface area contributed by atoms with Gasteiger partial charge >= 0.3 is 12.1 Å². The maximum Gasteiger partial charge on any atom is 0.441 e. The Morgan fingerprint density at radius 3 is 2.59 bits per heavy atom. The van der Waals surface area contributed by atoms with E-state index in [9.17, 15) is 18.9 Å². The van der Waals surface area contributed by atoms with E-state index in [2.05, 4.69) is 25.0 Å². The quantitative estimate of drug-likeness (QED) is 0.191. The van der Waals surface area contributed by atoms with E-state index in [-0.39, 0.29) is 19.6 Å². The fraction of sp³-hybridized carbons (Fsp3) is 0.333. The lowest BCUT2D eigenvalue weighted by atomic mass is 10.2. The van der Waals surface area contributed by atoms with Crippen molar-refractivity contribution in [2.24, 2.45) is 4.36 Å². The second-order valence-corrected chi connectivity index (χ2v) is 9.77. The molecule has 3 aromatic rings. The van der Waals surface area contributed by atoms with Crippen molar-refractivity contribution in [3.8, 4) is 10.4 Å². The summed E-state index contributed by atoms with van der Waals surface area (Å²) in [5.41, 5.74) is 1.44. The molecular weight excluding hydrogens is 518 g/mol. The van der Waals surface area contributed by atoms with E-state index in [1.807, 2.05) is 17.5 Å². The van der Waals surface area contributed by atoms with Crippen molar-refractivity contribution >= 4 is 51.4 Å². The van der Waals surface area contributed by atoms with Crippen molar-refractivity contribution in [2.75, 3.05) is 30.4 Å². The molecule has 0 spiro atoms. The summed E-state index contributed by atoms with van der Waals surface area (Å²) in [7, 11) is -2.27. The monoisotopic (exact) mass is 547 g/mol. The first kappa shape index (κ1) is 28.0. The number of rotatable bonds is 12. The molecule has 13 heteroatoms. The molecule has 0 aliphatic heterocycles. The van der Waals surface area contributed by atoms with Gasteiger partial charge in [0.2, 0.25) is 5.95 Å². The summed E-state index contributed by atoms with van der Waals surface area (Å²) < 4.78 is 25.3. The average molecular weight is 548 g/mol. The van der Waals surface area contributed by atoms with Crippen molar-refractivity contribution in [2.45, 2.75) is 37.7 Å². The SMILES string of the molecule is CCOC(=O)C[C@H](O)CCNc1nc(Nc2ccc([SH](=O)=NC(=O)OCC)cc2)ncc1-c1cccs1. The normalized spacial score (nSPS) is 12.5. The number of thiophene rings is 1. The first-order valence-electron chi connectivity index (χ1n) is 11.6. The minimum atomic E-state index is -2.27. The molecular formula is C24H29N5O6S2. The van der Waals surface area contributed by atoms with E-state index in [0.29, 0.717) is 35.3 Å². The lowest BCUT2D eigenvalue weighted by Gasteiger charge is -2.14. The molecule has 0 aliphatic rings. The molecule has 11 nitrogen and oxygen atoms in total. The van der Waals surface area contributed by atoms with Gasteiger partial charge in [0.25, 0.3) is 0 Å². The fourth-order valence-electron chi connectivity index (χ4n) is 3.15. The number of aliphatic hydroxyl groups excluding tert-OH is 1. The Bertz CT molecular complexity index is 1260. The maximum atomic E-state index is 12.2. The van der Waals surface area contributed by atoms with Gasteiger partial charge in [-0.05, 0) is 56.0 Å². The minimum Gasteiger partial charge on any atom is -0.466 e. The highest BCUT2D eigenvalue weighted by Crippen LogP contribution is 2.31. The van der Waals surface area contributed by atoms with Gasteiger partial charge in [0.15, 0.2) is 0 Å². The van der Waals surface area contributed by atoms with E-state index < -0.39 is 28.8 Å². The van der Waals surface area contributed by atoms with E-state index in [0.717, 1.165) is 10.4 Å². The Balaban J connectivity index is 1.70. The molecule has 0 bridgehead atoms. The molecule has 0 fully saturated rings. The van der Waals surface area contributed by atoms with Gasteiger partial charge in [0.05, 0.1) is 41.9 Å². The predicted molar refractivity (Wildman–Crippen MR) is 143 cm³/mol. The number of hydrogen-bond acceptors (Lipinski definition) is 11. The third-order valence-electron chi connectivity index (χ3n) is 4.84. The second-order valence-electron chi connectivity index (χ2n) is 7.56. The third-order valence-corrected chi connectivity index (χ3v) is 6.83. The van der Waals surface area contributed by atoms with Gasteiger partial charge in [-0.25, -0.2) is 14.0 Å². The van der Waals surface area contributed by atoms with Crippen molar-refractivity contribution in [3.63, 3.8) is 0 Å². The number of anilines is 3. The summed E-state index contributed by atoms with van der Waals surface area (Å²) in [6, 6.07) is 10.4. The van der Waals surface area contributed by atoms with Crippen LogP contribution in [0.1, 0.15) is 26.7 Å². The summed E-state index contributed by atoms with van der Waals surface area (Å²) in [6.07, 6.45) is 0.252. The van der Waals surface area contributed by atoms with Crippen molar-refractivity contribution < 1.29 is 28.4 Å². The molecule has 3 N–H and O–H groups in total. The number of amides is 1. The van der Waals surface area contributed by atoms with E-state index in [1.165, 1.54) is 0 Å². The number of benzene rings is 1. The number of carbonyl (C=O) groups excluding carboxylic acids is 2. The molecule has 37 heavy (non-hydrogen) atoms. The largest absolute Gasteiger partial charge is 0.466 e. The van der Waals surface area contributed by atoms with E-state index in [4.69, 9.17) is 9.47 Å². The molecule has 0 saturated heterocycles. The standard InChI is InChI=1S/C24H29N5O6S2/c1-3-34-21(31)14-17(30)11-12-25-22-19(20-6-5-13-36-20)15-26-23(28-22)27-16-7-9-18(10-8-16)37(33)29-24(32)35-4-2/h5-10,13,15,17,30,37H,3-4,11-12,14H2,1-2H3,(H2,25,26,27,28)/t17-/m1/s1. The lowest BCUT2D eigenvalue weighted by Crippen LogP contribution is -2.19. The van der Waals surface area contributed by atoms with Crippen LogP contribution in [0.3, 0.4) is 0 Å². The third kappa shape index (κ3) is 8.81. The van der Waals surface area contributed by atoms with E-state index >= 15 is 0 Å². The molecule has 2 aromatic heterocycles. The summed E-state index contributed by atoms with van der Waals surface area (Å²) in [4.78, 5) is 33.3. The van der Waals surface area contributed by atoms with E-state index in [1.54, 1.807) is 55.6 Å². The number of ether oxygens (including phenoxy) is 2. The number of carbonyl (C=O) groups is 2. The lowest BCUT2D eigenvalue weighted by molar-refractivity contribution is -0.145. The van der Waals surface area contributed by atoms with Crippen molar-refractivity contribution in [3.05, 3.63) is 48.0 Å². The first-order valence-corrected chi connectivity index (χ1v) is 13.7. The molecule has 2 atom stereocenters. The highest BCUT2D eigenvalue weighted by atomic mass is 32.2. The number of hydrogen-bond donors (Lipinski definition) is 4. The minimum absolute atomic E-state index is 0.0709. The van der Waals surface area contributed by atoms with Crippen LogP contribution in [0.5, 0.6) is 0 Å². The molecule has 0 saturated carbocycles. The Kier molecular flexibility index (Phi) is 10.8. The topological polar surface area (TPSA) is 152 Å². The van der Waals surface area contributed by atoms with Crippen LogP contribution >= 0.6 is 11.3 Å². The fourth-order valence-corrected chi connectivity index (χ4v) is 4.61. The van der Waals surface area contributed by atoms with Gasteiger partial charge in [-0.1, -0.05) is 6.07 Å². The van der Waals surface area contributed by atoms with Crippen LogP contribution in [0.2, 0.25) is 0 Å². The van der Waals surface area contributed by atoms with Crippen molar-refractivity contribution in [1.29, 1.82) is 0 Å². The Hall–Kier alpha value is -3.55. The second kappa shape index (κ2) is 14.3. The van der Waals surface area contributed by atoms with Crippen LogP contribution in [-0.2, 0) is 24.9 Å². The molecule has 0 aliphatic carbocycles. The smallest absolute Gasteiger partial charge is 0.441 e. The number of nitrogens with zero attached hydrogens (tertiary/aromatic N) is 3. The molecule has 1 aromatic carbocycles. The molecule has 2 heterocycles. The predicted octanol–water partition coefficient (Wildman–Crippen LogP) is 4.24. The Morgan fingerprint density at radius 2 is 1.92 bits per heavy atom. The summed E-state index contributed by atoms with van der Waals surface area (Å²) in [5, 5.41) is 18.4.